The second-order valence-electron chi connectivity index (χ2n) is 6.91. The van der Waals surface area contributed by atoms with Crippen LogP contribution in [-0.4, -0.2) is 39.1 Å². The van der Waals surface area contributed by atoms with E-state index in [1.807, 2.05) is 18.4 Å². The van der Waals surface area contributed by atoms with E-state index in [-0.39, 0.29) is 21.1 Å². The lowest BCUT2D eigenvalue weighted by molar-refractivity contribution is -0.114. The molecule has 0 aliphatic carbocycles. The lowest BCUT2D eigenvalue weighted by Crippen LogP contribution is -2.11. The molecule has 0 spiro atoms. The van der Waals surface area contributed by atoms with Crippen molar-refractivity contribution in [2.24, 2.45) is 0 Å². The molecule has 1 amide bonds. The quantitative estimate of drug-likeness (QED) is 0.406. The topological polar surface area (TPSA) is 141 Å². The first-order valence-corrected chi connectivity index (χ1v) is 11.9. The van der Waals surface area contributed by atoms with Gasteiger partial charge in [0.05, 0.1) is 11.9 Å². The number of rotatable bonds is 7. The van der Waals surface area contributed by atoms with Crippen LogP contribution in [0.1, 0.15) is 18.3 Å². The number of ether oxygens (including phenoxy) is 1. The van der Waals surface area contributed by atoms with Gasteiger partial charge in [-0.15, -0.1) is 10.2 Å². The minimum Gasteiger partial charge on any atom is -0.438 e. The van der Waals surface area contributed by atoms with Crippen molar-refractivity contribution in [3.8, 4) is 17.4 Å². The van der Waals surface area contributed by atoms with Crippen molar-refractivity contribution < 1.29 is 17.9 Å². The van der Waals surface area contributed by atoms with Crippen molar-refractivity contribution in [2.45, 2.75) is 25.0 Å². The predicted octanol–water partition coefficient (Wildman–Crippen LogP) is 3.29. The molecule has 0 atom stereocenters. The van der Waals surface area contributed by atoms with Gasteiger partial charge in [-0.1, -0.05) is 11.3 Å². The molecule has 13 heteroatoms. The molecule has 0 aliphatic heterocycles. The van der Waals surface area contributed by atoms with E-state index in [1.165, 1.54) is 13.1 Å². The second-order valence-corrected chi connectivity index (χ2v) is 9.85. The minimum atomic E-state index is -3.85. The lowest BCUT2D eigenvalue weighted by atomic mass is 10.3. The first-order chi connectivity index (χ1) is 15.7. The molecular weight excluding hydrogens is 466 g/mol. The molecule has 0 bridgehead atoms. The average molecular weight is 486 g/mol. The highest BCUT2D eigenvalue weighted by atomic mass is 32.2. The van der Waals surface area contributed by atoms with Crippen LogP contribution >= 0.6 is 11.3 Å². The number of amides is 1. The van der Waals surface area contributed by atoms with Crippen LogP contribution in [0.5, 0.6) is 11.6 Å². The van der Waals surface area contributed by atoms with E-state index >= 15 is 0 Å². The molecule has 2 N–H and O–H groups in total. The monoisotopic (exact) mass is 485 g/mol. The van der Waals surface area contributed by atoms with Gasteiger partial charge in [-0.05, 0) is 44.2 Å². The Morgan fingerprint density at radius 3 is 2.42 bits per heavy atom. The van der Waals surface area contributed by atoms with Gasteiger partial charge >= 0.3 is 0 Å². The van der Waals surface area contributed by atoms with Gasteiger partial charge in [0.15, 0.2) is 15.2 Å². The van der Waals surface area contributed by atoms with Crippen molar-refractivity contribution in [3.05, 3.63) is 60.3 Å². The third-order valence-corrected chi connectivity index (χ3v) is 7.24. The highest BCUT2D eigenvalue weighted by Gasteiger charge is 2.18. The molecular formula is C20H19N7O4S2. The SMILES string of the molecule is CC(=O)Nc1ncc(S(=O)(=O)Nc2ccc(Oc3ccc(-n4cnc(C)c4C)nn3)cc2)s1. The van der Waals surface area contributed by atoms with Crippen LogP contribution in [0.2, 0.25) is 0 Å². The summed E-state index contributed by atoms with van der Waals surface area (Å²) in [6.45, 7) is 5.18. The summed E-state index contributed by atoms with van der Waals surface area (Å²) in [5.41, 5.74) is 2.22. The molecule has 4 aromatic rings. The molecule has 33 heavy (non-hydrogen) atoms. The summed E-state index contributed by atoms with van der Waals surface area (Å²) in [6.07, 6.45) is 2.87. The number of thiazole rings is 1. The number of aromatic nitrogens is 5. The van der Waals surface area contributed by atoms with Crippen LogP contribution in [-0.2, 0) is 14.8 Å². The summed E-state index contributed by atoms with van der Waals surface area (Å²) in [4.78, 5) is 19.2. The molecule has 1 aromatic carbocycles. The van der Waals surface area contributed by atoms with Gasteiger partial charge in [-0.2, -0.15) is 0 Å². The largest absolute Gasteiger partial charge is 0.438 e. The Hall–Kier alpha value is -3.84. The number of anilines is 2. The Balaban J connectivity index is 1.41. The number of nitrogens with zero attached hydrogens (tertiary/aromatic N) is 5. The number of sulfonamides is 1. The highest BCUT2D eigenvalue weighted by molar-refractivity contribution is 7.94. The molecule has 0 aliphatic rings. The van der Waals surface area contributed by atoms with E-state index in [2.05, 4.69) is 30.2 Å². The summed E-state index contributed by atoms with van der Waals surface area (Å²) in [5, 5.41) is 10.9. The van der Waals surface area contributed by atoms with Gasteiger partial charge in [-0.25, -0.2) is 18.4 Å². The van der Waals surface area contributed by atoms with E-state index in [1.54, 1.807) is 42.7 Å². The molecule has 170 valence electrons. The van der Waals surface area contributed by atoms with E-state index in [4.69, 9.17) is 4.74 Å². The number of carbonyl (C=O) groups is 1. The molecule has 4 rings (SSSR count). The van der Waals surface area contributed by atoms with Crippen molar-refractivity contribution in [3.63, 3.8) is 0 Å². The van der Waals surface area contributed by atoms with Crippen LogP contribution in [0, 0.1) is 13.8 Å². The maximum absolute atomic E-state index is 12.5. The number of nitrogens with one attached hydrogen (secondary N) is 2. The van der Waals surface area contributed by atoms with Crippen LogP contribution < -0.4 is 14.8 Å². The number of benzene rings is 1. The number of hydrogen-bond acceptors (Lipinski definition) is 9. The van der Waals surface area contributed by atoms with E-state index in [0.717, 1.165) is 22.7 Å². The van der Waals surface area contributed by atoms with E-state index < -0.39 is 10.0 Å². The number of imidazole rings is 1. The summed E-state index contributed by atoms with van der Waals surface area (Å²) in [5.74, 6) is 1.04. The predicted molar refractivity (Wildman–Crippen MR) is 122 cm³/mol. The Bertz CT molecular complexity index is 1400. The molecule has 0 saturated carbocycles. The summed E-state index contributed by atoms with van der Waals surface area (Å²) < 4.78 is 35.0. The third kappa shape index (κ3) is 5.15. The molecule has 0 radical (unpaired) electrons. The lowest BCUT2D eigenvalue weighted by Gasteiger charge is -2.08. The molecule has 11 nitrogen and oxygen atoms in total. The fourth-order valence-corrected chi connectivity index (χ4v) is 4.87. The Morgan fingerprint density at radius 2 is 1.82 bits per heavy atom. The Labute approximate surface area is 193 Å². The molecule has 3 aromatic heterocycles. The Morgan fingerprint density at radius 1 is 1.06 bits per heavy atom. The third-order valence-electron chi connectivity index (χ3n) is 4.49. The van der Waals surface area contributed by atoms with Crippen LogP contribution in [0.4, 0.5) is 10.8 Å². The first-order valence-electron chi connectivity index (χ1n) is 9.60. The van der Waals surface area contributed by atoms with Gasteiger partial charge in [-0.3, -0.25) is 14.1 Å². The molecule has 0 unspecified atom stereocenters. The maximum Gasteiger partial charge on any atom is 0.273 e. The minimum absolute atomic E-state index is 0.0229. The zero-order valence-electron chi connectivity index (χ0n) is 17.8. The fourth-order valence-electron chi connectivity index (χ4n) is 2.73. The van der Waals surface area contributed by atoms with Crippen LogP contribution in [0.25, 0.3) is 5.82 Å². The zero-order valence-corrected chi connectivity index (χ0v) is 19.4. The smallest absolute Gasteiger partial charge is 0.273 e. The van der Waals surface area contributed by atoms with Gasteiger partial charge in [0, 0.05) is 24.4 Å². The molecule has 3 heterocycles. The van der Waals surface area contributed by atoms with Crippen molar-refractivity contribution in [1.29, 1.82) is 0 Å². The maximum atomic E-state index is 12.5. The first kappa shape index (κ1) is 22.4. The van der Waals surface area contributed by atoms with Crippen molar-refractivity contribution >= 4 is 38.1 Å². The standard InChI is InChI=1S/C20H19N7O4S2/c1-12-13(2)27(11-22-12)17-8-9-18(25-24-17)31-16-6-4-15(5-7-16)26-33(29,30)19-10-21-20(32-19)23-14(3)28/h4-11,26H,1-3H3,(H,21,23,28). The zero-order chi connectivity index (χ0) is 23.6. The fraction of sp³-hybridized carbons (Fsp3) is 0.150. The summed E-state index contributed by atoms with van der Waals surface area (Å²) in [7, 11) is -3.85. The Kier molecular flexibility index (Phi) is 6.07. The number of hydrogen-bond donors (Lipinski definition) is 2. The normalized spacial score (nSPS) is 11.2. The van der Waals surface area contributed by atoms with Gasteiger partial charge < -0.3 is 10.1 Å². The van der Waals surface area contributed by atoms with Crippen molar-refractivity contribution in [1.82, 2.24) is 24.7 Å². The molecule has 0 fully saturated rings. The van der Waals surface area contributed by atoms with E-state index in [0.29, 0.717) is 17.3 Å². The van der Waals surface area contributed by atoms with Gasteiger partial charge in [0.25, 0.3) is 10.0 Å². The highest BCUT2D eigenvalue weighted by Crippen LogP contribution is 2.27. The van der Waals surface area contributed by atoms with Gasteiger partial charge in [0.2, 0.25) is 11.8 Å². The summed E-state index contributed by atoms with van der Waals surface area (Å²) in [6, 6.07) is 9.77. The van der Waals surface area contributed by atoms with E-state index in [9.17, 15) is 13.2 Å². The number of aryl methyl sites for hydroxylation is 1. The second kappa shape index (κ2) is 8.96. The number of carbonyl (C=O) groups excluding carboxylic acids is 1. The average Bonchev–Trinajstić information content (AvgIpc) is 3.37. The van der Waals surface area contributed by atoms with Gasteiger partial charge in [0.1, 0.15) is 12.1 Å². The van der Waals surface area contributed by atoms with Crippen LogP contribution in [0.15, 0.2) is 53.1 Å². The molecule has 0 saturated heterocycles. The van der Waals surface area contributed by atoms with Crippen LogP contribution in [0.3, 0.4) is 0 Å². The summed E-state index contributed by atoms with van der Waals surface area (Å²) >= 11 is 0.855. The van der Waals surface area contributed by atoms with Crippen molar-refractivity contribution in [2.75, 3.05) is 10.0 Å².